The number of nitrogens with one attached hydrogen (secondary N) is 1. The topological polar surface area (TPSA) is 95.7 Å². The normalized spacial score (nSPS) is 11.3. The van der Waals surface area contributed by atoms with E-state index >= 15 is 0 Å². The van der Waals surface area contributed by atoms with Crippen molar-refractivity contribution in [3.8, 4) is 17.2 Å². The lowest BCUT2D eigenvalue weighted by Crippen LogP contribution is -2.02. The number of ether oxygens (including phenoxy) is 3. The minimum Gasteiger partial charge on any atom is -0.496 e. The van der Waals surface area contributed by atoms with Crippen molar-refractivity contribution in [2.24, 2.45) is 12.1 Å². The van der Waals surface area contributed by atoms with Gasteiger partial charge in [-0.05, 0) is 6.07 Å². The number of methoxy groups -OCH3 is 3. The highest BCUT2D eigenvalue weighted by molar-refractivity contribution is 6.04. The summed E-state index contributed by atoms with van der Waals surface area (Å²) in [5.74, 6) is 2.04. The Bertz CT molecular complexity index is 1190. The first-order valence-electron chi connectivity index (χ1n) is 8.83. The molecule has 2 heterocycles. The van der Waals surface area contributed by atoms with E-state index < -0.39 is 0 Å². The van der Waals surface area contributed by atoms with Gasteiger partial charge in [-0.2, -0.15) is 10.1 Å². The van der Waals surface area contributed by atoms with Crippen molar-refractivity contribution in [3.63, 3.8) is 0 Å². The summed E-state index contributed by atoms with van der Waals surface area (Å²) in [5, 5.41) is 13.7. The number of hydrazone groups is 1. The van der Waals surface area contributed by atoms with Gasteiger partial charge in [-0.1, -0.05) is 18.2 Å². The second-order valence-electron chi connectivity index (χ2n) is 6.20. The van der Waals surface area contributed by atoms with Gasteiger partial charge in [0.25, 0.3) is 5.95 Å². The molecule has 9 heteroatoms. The minimum atomic E-state index is 0.283. The van der Waals surface area contributed by atoms with Crippen LogP contribution in [0.1, 0.15) is 5.56 Å². The maximum absolute atomic E-state index is 5.41. The predicted molar refractivity (Wildman–Crippen MR) is 111 cm³/mol. The van der Waals surface area contributed by atoms with Crippen LogP contribution in [0.25, 0.3) is 22.1 Å². The predicted octanol–water partition coefficient (Wildman–Crippen LogP) is 2.99. The number of nitrogens with zero attached hydrogens (tertiary/aromatic N) is 5. The van der Waals surface area contributed by atoms with E-state index in [1.165, 1.54) is 0 Å². The largest absolute Gasteiger partial charge is 0.496 e. The lowest BCUT2D eigenvalue weighted by Gasteiger charge is -2.12. The maximum Gasteiger partial charge on any atom is 0.265 e. The number of hydrogen-bond donors (Lipinski definition) is 1. The molecule has 0 atom stereocenters. The van der Waals surface area contributed by atoms with Gasteiger partial charge in [-0.3, -0.25) is 0 Å². The van der Waals surface area contributed by atoms with Crippen LogP contribution in [-0.2, 0) is 7.05 Å². The van der Waals surface area contributed by atoms with E-state index in [1.807, 2.05) is 35.9 Å². The molecular formula is C20H20N6O3. The summed E-state index contributed by atoms with van der Waals surface area (Å²) in [6.45, 7) is 0. The molecule has 29 heavy (non-hydrogen) atoms. The molecule has 4 aromatic rings. The van der Waals surface area contributed by atoms with Crippen LogP contribution in [0.5, 0.6) is 17.2 Å². The zero-order valence-corrected chi connectivity index (χ0v) is 16.5. The van der Waals surface area contributed by atoms with Crippen LogP contribution in [-0.4, -0.2) is 47.3 Å². The molecule has 0 fully saturated rings. The first-order chi connectivity index (χ1) is 14.2. The number of rotatable bonds is 6. The van der Waals surface area contributed by atoms with Gasteiger partial charge >= 0.3 is 0 Å². The minimum absolute atomic E-state index is 0.283. The van der Waals surface area contributed by atoms with Gasteiger partial charge in [0.1, 0.15) is 22.8 Å². The molecule has 0 aliphatic rings. The molecule has 0 saturated heterocycles. The number of aromatic nitrogens is 4. The van der Waals surface area contributed by atoms with E-state index in [1.54, 1.807) is 39.7 Å². The fourth-order valence-corrected chi connectivity index (χ4v) is 3.17. The lowest BCUT2D eigenvalue weighted by atomic mass is 10.2. The Morgan fingerprint density at radius 3 is 2.41 bits per heavy atom. The molecule has 0 aliphatic carbocycles. The van der Waals surface area contributed by atoms with Crippen molar-refractivity contribution in [2.45, 2.75) is 0 Å². The van der Waals surface area contributed by atoms with E-state index in [0.717, 1.165) is 22.1 Å². The fourth-order valence-electron chi connectivity index (χ4n) is 3.17. The van der Waals surface area contributed by atoms with Crippen molar-refractivity contribution in [1.82, 2.24) is 19.7 Å². The smallest absolute Gasteiger partial charge is 0.265 e. The van der Waals surface area contributed by atoms with E-state index in [0.29, 0.717) is 22.8 Å². The van der Waals surface area contributed by atoms with Crippen LogP contribution in [0, 0.1) is 0 Å². The highest BCUT2D eigenvalue weighted by Crippen LogP contribution is 2.32. The van der Waals surface area contributed by atoms with Gasteiger partial charge in [0.15, 0.2) is 5.65 Å². The Balaban J connectivity index is 1.65. The number of fused-ring (bicyclic) bond motifs is 3. The highest BCUT2D eigenvalue weighted by Gasteiger charge is 2.13. The quantitative estimate of drug-likeness (QED) is 0.398. The summed E-state index contributed by atoms with van der Waals surface area (Å²) >= 11 is 0. The average Bonchev–Trinajstić information content (AvgIpc) is 3.05. The number of hydrogen-bond acceptors (Lipinski definition) is 8. The van der Waals surface area contributed by atoms with Gasteiger partial charge in [-0.25, -0.2) is 5.43 Å². The number of benzene rings is 2. The Hall–Kier alpha value is -3.88. The second kappa shape index (κ2) is 7.63. The third-order valence-corrected chi connectivity index (χ3v) is 4.62. The number of anilines is 1. The van der Waals surface area contributed by atoms with Gasteiger partial charge < -0.3 is 18.8 Å². The van der Waals surface area contributed by atoms with Crippen LogP contribution in [0.3, 0.4) is 0 Å². The monoisotopic (exact) mass is 392 g/mol. The van der Waals surface area contributed by atoms with Crippen LogP contribution < -0.4 is 19.6 Å². The van der Waals surface area contributed by atoms with Crippen molar-refractivity contribution >= 4 is 34.2 Å². The molecule has 148 valence electrons. The maximum atomic E-state index is 5.41. The van der Waals surface area contributed by atoms with Gasteiger partial charge in [-0.15, -0.1) is 10.2 Å². The molecular weight excluding hydrogens is 372 g/mol. The third-order valence-electron chi connectivity index (χ3n) is 4.62. The highest BCUT2D eigenvalue weighted by atomic mass is 16.5. The van der Waals surface area contributed by atoms with E-state index in [4.69, 9.17) is 14.2 Å². The van der Waals surface area contributed by atoms with E-state index in [9.17, 15) is 0 Å². The van der Waals surface area contributed by atoms with Crippen molar-refractivity contribution in [2.75, 3.05) is 26.8 Å². The van der Waals surface area contributed by atoms with Crippen LogP contribution in [0.2, 0.25) is 0 Å². The summed E-state index contributed by atoms with van der Waals surface area (Å²) in [4.78, 5) is 4.54. The third kappa shape index (κ3) is 3.27. The summed E-state index contributed by atoms with van der Waals surface area (Å²) in [6.07, 6.45) is 1.58. The van der Waals surface area contributed by atoms with Gasteiger partial charge in [0.2, 0.25) is 0 Å². The van der Waals surface area contributed by atoms with E-state index in [2.05, 4.69) is 25.7 Å². The Labute approximate surface area is 166 Å². The van der Waals surface area contributed by atoms with E-state index in [-0.39, 0.29) is 5.95 Å². The molecule has 2 aromatic heterocycles. The molecule has 0 bridgehead atoms. The standard InChI is InChI=1S/C20H20N6O3/c1-26-15-8-6-5-7-13(15)18-19(26)22-20(25-23-18)24-21-11-14-16(28-3)9-12(27-2)10-17(14)29-4/h5-11H,1-4H3,(H,22,24,25). The van der Waals surface area contributed by atoms with Gasteiger partial charge in [0.05, 0.1) is 38.6 Å². The van der Waals surface area contributed by atoms with Crippen molar-refractivity contribution in [1.29, 1.82) is 0 Å². The number of aryl methyl sites for hydroxylation is 1. The molecule has 0 saturated carbocycles. The molecule has 4 rings (SSSR count). The number of para-hydroxylation sites is 1. The summed E-state index contributed by atoms with van der Waals surface area (Å²) in [5.41, 5.74) is 5.98. The molecule has 0 aliphatic heterocycles. The molecule has 2 aromatic carbocycles. The Morgan fingerprint density at radius 1 is 1.00 bits per heavy atom. The van der Waals surface area contributed by atoms with Crippen molar-refractivity contribution in [3.05, 3.63) is 42.0 Å². The first-order valence-corrected chi connectivity index (χ1v) is 8.83. The zero-order valence-electron chi connectivity index (χ0n) is 16.5. The van der Waals surface area contributed by atoms with Crippen LogP contribution in [0.4, 0.5) is 5.95 Å². The second-order valence-corrected chi connectivity index (χ2v) is 6.20. The van der Waals surface area contributed by atoms with Gasteiger partial charge in [0, 0.05) is 24.6 Å². The molecule has 0 spiro atoms. The SMILES string of the molecule is COc1cc(OC)c(C=NNc2nnc3c4ccccc4n(C)c3n2)c(OC)c1. The zero-order chi connectivity index (χ0) is 20.4. The molecule has 1 N–H and O–H groups in total. The fraction of sp³-hybridized carbons (Fsp3) is 0.200. The summed E-state index contributed by atoms with van der Waals surface area (Å²) < 4.78 is 18.1. The first kappa shape index (κ1) is 18.5. The lowest BCUT2D eigenvalue weighted by molar-refractivity contribution is 0.374. The summed E-state index contributed by atoms with van der Waals surface area (Å²) in [6, 6.07) is 11.5. The van der Waals surface area contributed by atoms with Crippen LogP contribution >= 0.6 is 0 Å². The molecule has 0 unspecified atom stereocenters. The summed E-state index contributed by atoms with van der Waals surface area (Å²) in [7, 11) is 6.66. The average molecular weight is 392 g/mol. The molecule has 0 radical (unpaired) electrons. The van der Waals surface area contributed by atoms with Crippen molar-refractivity contribution < 1.29 is 14.2 Å². The Morgan fingerprint density at radius 2 is 1.72 bits per heavy atom. The molecule has 0 amide bonds. The Kier molecular flexibility index (Phi) is 4.86. The van der Waals surface area contributed by atoms with Crippen LogP contribution in [0.15, 0.2) is 41.5 Å². The molecule has 9 nitrogen and oxygen atoms in total.